The van der Waals surface area contributed by atoms with E-state index in [9.17, 15) is 9.59 Å². The molecule has 5 heteroatoms. The quantitative estimate of drug-likeness (QED) is 0.668. The van der Waals surface area contributed by atoms with Crippen molar-refractivity contribution in [3.63, 3.8) is 0 Å². The molecule has 2 N–H and O–H groups in total. The van der Waals surface area contributed by atoms with Gasteiger partial charge in [-0.05, 0) is 26.7 Å². The molecule has 1 amide bonds. The van der Waals surface area contributed by atoms with Crippen molar-refractivity contribution in [3.8, 4) is 0 Å². The van der Waals surface area contributed by atoms with Crippen LogP contribution in [0, 0.1) is 5.41 Å². The summed E-state index contributed by atoms with van der Waals surface area (Å²) < 4.78 is 5.19. The standard InChI is InChI=1S/C10H17NO4/c1-10(2,9(13)14)8(12)11-7-4-3-5-15-6-7/h7H,3-6H2,1-2H3,(H,11,12)(H,13,14). The lowest BCUT2D eigenvalue weighted by molar-refractivity contribution is -0.154. The smallest absolute Gasteiger partial charge is 0.318 e. The van der Waals surface area contributed by atoms with Crippen molar-refractivity contribution < 1.29 is 19.4 Å². The van der Waals surface area contributed by atoms with E-state index in [4.69, 9.17) is 9.84 Å². The Labute approximate surface area is 88.8 Å². The van der Waals surface area contributed by atoms with Gasteiger partial charge in [0.05, 0.1) is 12.6 Å². The van der Waals surface area contributed by atoms with Gasteiger partial charge in [-0.2, -0.15) is 0 Å². The van der Waals surface area contributed by atoms with E-state index in [1.165, 1.54) is 13.8 Å². The largest absolute Gasteiger partial charge is 0.480 e. The molecule has 1 atom stereocenters. The Morgan fingerprint density at radius 3 is 2.60 bits per heavy atom. The molecule has 1 heterocycles. The highest BCUT2D eigenvalue weighted by Gasteiger charge is 2.37. The van der Waals surface area contributed by atoms with Crippen molar-refractivity contribution in [2.45, 2.75) is 32.7 Å². The Morgan fingerprint density at radius 1 is 1.47 bits per heavy atom. The summed E-state index contributed by atoms with van der Waals surface area (Å²) in [6, 6.07) is -0.0510. The molecule has 86 valence electrons. The summed E-state index contributed by atoms with van der Waals surface area (Å²) in [4.78, 5) is 22.4. The summed E-state index contributed by atoms with van der Waals surface area (Å²) in [5, 5.41) is 11.5. The van der Waals surface area contributed by atoms with Crippen LogP contribution in [0.25, 0.3) is 0 Å². The van der Waals surface area contributed by atoms with Crippen LogP contribution in [0.5, 0.6) is 0 Å². The Balaban J connectivity index is 2.50. The number of hydrogen-bond donors (Lipinski definition) is 2. The number of amides is 1. The first kappa shape index (κ1) is 12.0. The highest BCUT2D eigenvalue weighted by molar-refractivity contribution is 6.01. The lowest BCUT2D eigenvalue weighted by Crippen LogP contribution is -2.49. The molecule has 0 aromatic carbocycles. The number of ether oxygens (including phenoxy) is 1. The minimum atomic E-state index is -1.38. The van der Waals surface area contributed by atoms with Crippen LogP contribution in [0.15, 0.2) is 0 Å². The maximum atomic E-state index is 11.6. The SMILES string of the molecule is CC(C)(C(=O)O)C(=O)NC1CCCOC1. The van der Waals surface area contributed by atoms with Gasteiger partial charge in [0, 0.05) is 6.61 Å². The highest BCUT2D eigenvalue weighted by Crippen LogP contribution is 2.16. The number of aliphatic carboxylic acids is 1. The minimum Gasteiger partial charge on any atom is -0.480 e. The molecule has 0 bridgehead atoms. The third-order valence-electron chi connectivity index (χ3n) is 2.60. The Kier molecular flexibility index (Phi) is 3.68. The molecule has 0 radical (unpaired) electrons. The summed E-state index contributed by atoms with van der Waals surface area (Å²) in [5.74, 6) is -1.57. The third kappa shape index (κ3) is 2.92. The molecule has 0 aromatic heterocycles. The van der Waals surface area contributed by atoms with Crippen molar-refractivity contribution in [2.24, 2.45) is 5.41 Å². The van der Waals surface area contributed by atoms with Crippen LogP contribution in [-0.2, 0) is 14.3 Å². The molecule has 0 aromatic rings. The first-order valence-corrected chi connectivity index (χ1v) is 5.06. The van der Waals surface area contributed by atoms with Crippen LogP contribution in [0.2, 0.25) is 0 Å². The van der Waals surface area contributed by atoms with Crippen LogP contribution in [-0.4, -0.2) is 36.2 Å². The van der Waals surface area contributed by atoms with E-state index in [0.717, 1.165) is 12.8 Å². The van der Waals surface area contributed by atoms with Gasteiger partial charge >= 0.3 is 5.97 Å². The number of carbonyl (C=O) groups excluding carboxylic acids is 1. The van der Waals surface area contributed by atoms with E-state index < -0.39 is 17.3 Å². The lowest BCUT2D eigenvalue weighted by atomic mass is 9.92. The van der Waals surface area contributed by atoms with Crippen LogP contribution in [0.1, 0.15) is 26.7 Å². The summed E-state index contributed by atoms with van der Waals surface area (Å²) in [5.41, 5.74) is -1.38. The minimum absolute atomic E-state index is 0.0510. The second kappa shape index (κ2) is 4.61. The van der Waals surface area contributed by atoms with E-state index in [2.05, 4.69) is 5.32 Å². The Morgan fingerprint density at radius 2 is 2.13 bits per heavy atom. The zero-order valence-electron chi connectivity index (χ0n) is 9.08. The van der Waals surface area contributed by atoms with Gasteiger partial charge in [-0.1, -0.05) is 0 Å². The molecule has 5 nitrogen and oxygen atoms in total. The predicted octanol–water partition coefficient (Wildman–Crippen LogP) is 0.392. The number of rotatable bonds is 3. The maximum Gasteiger partial charge on any atom is 0.318 e. The van der Waals surface area contributed by atoms with E-state index in [1.807, 2.05) is 0 Å². The summed E-state index contributed by atoms with van der Waals surface area (Å²) in [7, 11) is 0. The molecule has 15 heavy (non-hydrogen) atoms. The average Bonchev–Trinajstić information content (AvgIpc) is 2.18. The number of carboxylic acids is 1. The monoisotopic (exact) mass is 215 g/mol. The van der Waals surface area contributed by atoms with Crippen LogP contribution >= 0.6 is 0 Å². The van der Waals surface area contributed by atoms with Gasteiger partial charge < -0.3 is 15.2 Å². The van der Waals surface area contributed by atoms with Gasteiger partial charge in [-0.15, -0.1) is 0 Å². The average molecular weight is 215 g/mol. The molecule has 1 saturated heterocycles. The molecule has 0 aliphatic carbocycles. The van der Waals surface area contributed by atoms with Crippen LogP contribution in [0.3, 0.4) is 0 Å². The lowest BCUT2D eigenvalue weighted by Gasteiger charge is -2.26. The molecular weight excluding hydrogens is 198 g/mol. The van der Waals surface area contributed by atoms with Crippen molar-refractivity contribution in [1.82, 2.24) is 5.32 Å². The first-order chi connectivity index (χ1) is 6.94. The fourth-order valence-corrected chi connectivity index (χ4v) is 1.32. The van der Waals surface area contributed by atoms with E-state index in [0.29, 0.717) is 13.2 Å². The second-order valence-corrected chi connectivity index (χ2v) is 4.32. The van der Waals surface area contributed by atoms with Gasteiger partial charge in [-0.3, -0.25) is 9.59 Å². The van der Waals surface area contributed by atoms with E-state index >= 15 is 0 Å². The zero-order chi connectivity index (χ0) is 11.5. The summed E-state index contributed by atoms with van der Waals surface area (Å²) in [6.07, 6.45) is 1.75. The predicted molar refractivity (Wildman–Crippen MR) is 53.4 cm³/mol. The van der Waals surface area contributed by atoms with Gasteiger partial charge in [-0.25, -0.2) is 0 Å². The second-order valence-electron chi connectivity index (χ2n) is 4.32. The number of nitrogens with one attached hydrogen (secondary N) is 1. The normalized spacial score (nSPS) is 22.1. The molecule has 1 aliphatic heterocycles. The Bertz CT molecular complexity index is 256. The highest BCUT2D eigenvalue weighted by atomic mass is 16.5. The van der Waals surface area contributed by atoms with Crippen LogP contribution < -0.4 is 5.32 Å². The molecule has 0 saturated carbocycles. The number of hydrogen-bond acceptors (Lipinski definition) is 3. The summed E-state index contributed by atoms with van der Waals surface area (Å²) in [6.45, 7) is 3.98. The van der Waals surface area contributed by atoms with Crippen molar-refractivity contribution in [3.05, 3.63) is 0 Å². The van der Waals surface area contributed by atoms with Crippen LogP contribution in [0.4, 0.5) is 0 Å². The Hall–Kier alpha value is -1.10. The third-order valence-corrected chi connectivity index (χ3v) is 2.60. The first-order valence-electron chi connectivity index (χ1n) is 5.06. The van der Waals surface area contributed by atoms with Gasteiger partial charge in [0.15, 0.2) is 0 Å². The van der Waals surface area contributed by atoms with Crippen molar-refractivity contribution >= 4 is 11.9 Å². The zero-order valence-corrected chi connectivity index (χ0v) is 9.08. The summed E-state index contributed by atoms with van der Waals surface area (Å²) >= 11 is 0. The fourth-order valence-electron chi connectivity index (χ4n) is 1.32. The molecule has 1 fully saturated rings. The molecular formula is C10H17NO4. The molecule has 1 unspecified atom stereocenters. The van der Waals surface area contributed by atoms with E-state index in [-0.39, 0.29) is 6.04 Å². The van der Waals surface area contributed by atoms with Gasteiger partial charge in [0.1, 0.15) is 5.41 Å². The number of carboxylic acid groups (broad SMARTS) is 1. The van der Waals surface area contributed by atoms with Crippen molar-refractivity contribution in [2.75, 3.05) is 13.2 Å². The maximum absolute atomic E-state index is 11.6. The van der Waals surface area contributed by atoms with E-state index in [1.54, 1.807) is 0 Å². The van der Waals surface area contributed by atoms with Gasteiger partial charge in [0.25, 0.3) is 0 Å². The number of carbonyl (C=O) groups is 2. The fraction of sp³-hybridized carbons (Fsp3) is 0.800. The molecule has 0 spiro atoms. The van der Waals surface area contributed by atoms with Gasteiger partial charge in [0.2, 0.25) is 5.91 Å². The molecule has 1 aliphatic rings. The molecule has 1 rings (SSSR count). The van der Waals surface area contributed by atoms with Crippen molar-refractivity contribution in [1.29, 1.82) is 0 Å². The topological polar surface area (TPSA) is 75.6 Å².